The summed E-state index contributed by atoms with van der Waals surface area (Å²) < 4.78 is 5.52. The number of carbonyl (C=O) groups is 3. The van der Waals surface area contributed by atoms with Crippen molar-refractivity contribution in [3.05, 3.63) is 59.7 Å². The highest BCUT2D eigenvalue weighted by atomic mass is 16.5. The second-order valence-corrected chi connectivity index (χ2v) is 8.58. The number of hydrogen-bond acceptors (Lipinski definition) is 4. The minimum atomic E-state index is -1.32. The number of carboxylic acids is 1. The van der Waals surface area contributed by atoms with Crippen LogP contribution in [0.15, 0.2) is 48.5 Å². The summed E-state index contributed by atoms with van der Waals surface area (Å²) in [6.07, 6.45) is -0.623. The van der Waals surface area contributed by atoms with E-state index in [-0.39, 0.29) is 31.4 Å². The Balaban J connectivity index is 1.58. The van der Waals surface area contributed by atoms with Gasteiger partial charge in [0.05, 0.1) is 0 Å². The van der Waals surface area contributed by atoms with Crippen molar-refractivity contribution in [1.82, 2.24) is 10.2 Å². The SMILES string of the molecule is CCN(C(=O)C[C@@H](C)NC(=O)OCC1c2ccccc2-c2ccccc21)C(C)(C)C(=O)O. The van der Waals surface area contributed by atoms with Crippen molar-refractivity contribution in [2.45, 2.75) is 51.6 Å². The lowest BCUT2D eigenvalue weighted by molar-refractivity contribution is -0.156. The predicted octanol–water partition coefficient (Wildman–Crippen LogP) is 4.02. The van der Waals surface area contributed by atoms with Crippen LogP contribution in [0.2, 0.25) is 0 Å². The van der Waals surface area contributed by atoms with E-state index in [1.165, 1.54) is 18.7 Å². The molecular formula is C25H30N2O5. The number of ether oxygens (including phenoxy) is 1. The maximum absolute atomic E-state index is 12.6. The smallest absolute Gasteiger partial charge is 0.407 e. The molecule has 2 N–H and O–H groups in total. The zero-order chi connectivity index (χ0) is 23.5. The number of benzene rings is 2. The van der Waals surface area contributed by atoms with Gasteiger partial charge in [-0.15, -0.1) is 0 Å². The second kappa shape index (κ2) is 9.42. The quantitative estimate of drug-likeness (QED) is 0.649. The van der Waals surface area contributed by atoms with Gasteiger partial charge < -0.3 is 20.1 Å². The Kier molecular flexibility index (Phi) is 6.87. The molecule has 32 heavy (non-hydrogen) atoms. The summed E-state index contributed by atoms with van der Waals surface area (Å²) in [5.74, 6) is -1.46. The summed E-state index contributed by atoms with van der Waals surface area (Å²) in [6, 6.07) is 15.7. The molecule has 0 unspecified atom stereocenters. The average molecular weight is 439 g/mol. The molecule has 170 valence electrons. The van der Waals surface area contributed by atoms with Gasteiger partial charge >= 0.3 is 12.1 Å². The van der Waals surface area contributed by atoms with Crippen LogP contribution in [0, 0.1) is 0 Å². The van der Waals surface area contributed by atoms with Crippen LogP contribution in [-0.2, 0) is 14.3 Å². The Labute approximate surface area is 188 Å². The van der Waals surface area contributed by atoms with Crippen LogP contribution in [0.3, 0.4) is 0 Å². The topological polar surface area (TPSA) is 95.9 Å². The first kappa shape index (κ1) is 23.3. The van der Waals surface area contributed by atoms with Crippen molar-refractivity contribution < 1.29 is 24.2 Å². The highest BCUT2D eigenvalue weighted by Gasteiger charge is 2.37. The van der Waals surface area contributed by atoms with Crippen molar-refractivity contribution in [1.29, 1.82) is 0 Å². The summed E-state index contributed by atoms with van der Waals surface area (Å²) in [4.78, 5) is 37.8. The van der Waals surface area contributed by atoms with E-state index in [0.717, 1.165) is 22.3 Å². The highest BCUT2D eigenvalue weighted by Crippen LogP contribution is 2.44. The molecule has 0 aliphatic heterocycles. The first-order valence-electron chi connectivity index (χ1n) is 10.8. The van der Waals surface area contributed by atoms with Gasteiger partial charge in [0.1, 0.15) is 12.1 Å². The molecule has 3 rings (SSSR count). The van der Waals surface area contributed by atoms with E-state index in [4.69, 9.17) is 4.74 Å². The molecule has 7 nitrogen and oxygen atoms in total. The number of amides is 2. The number of carboxylic acid groups (broad SMARTS) is 1. The molecule has 7 heteroatoms. The van der Waals surface area contributed by atoms with Crippen LogP contribution in [0.25, 0.3) is 11.1 Å². The van der Waals surface area contributed by atoms with Crippen molar-refractivity contribution in [2.24, 2.45) is 0 Å². The van der Waals surface area contributed by atoms with Crippen LogP contribution >= 0.6 is 0 Å². The van der Waals surface area contributed by atoms with Gasteiger partial charge in [0.2, 0.25) is 5.91 Å². The third-order valence-corrected chi connectivity index (χ3v) is 6.00. The Bertz CT molecular complexity index is 971. The van der Waals surface area contributed by atoms with E-state index < -0.39 is 23.6 Å². The van der Waals surface area contributed by atoms with Crippen LogP contribution in [0.4, 0.5) is 4.79 Å². The van der Waals surface area contributed by atoms with Crippen LogP contribution < -0.4 is 5.32 Å². The fourth-order valence-electron chi connectivity index (χ4n) is 4.26. The zero-order valence-corrected chi connectivity index (χ0v) is 18.9. The van der Waals surface area contributed by atoms with E-state index in [1.807, 2.05) is 36.4 Å². The molecule has 0 aromatic heterocycles. The van der Waals surface area contributed by atoms with E-state index in [1.54, 1.807) is 13.8 Å². The molecule has 1 aliphatic carbocycles. The summed E-state index contributed by atoms with van der Waals surface area (Å²) >= 11 is 0. The molecule has 0 spiro atoms. The monoisotopic (exact) mass is 438 g/mol. The molecule has 0 radical (unpaired) electrons. The Hall–Kier alpha value is -3.35. The van der Waals surface area contributed by atoms with Crippen LogP contribution in [0.5, 0.6) is 0 Å². The van der Waals surface area contributed by atoms with Gasteiger partial charge in [0.25, 0.3) is 0 Å². The minimum absolute atomic E-state index is 0.0191. The number of aliphatic carboxylic acids is 1. The van der Waals surface area contributed by atoms with E-state index >= 15 is 0 Å². The number of rotatable bonds is 8. The number of hydrogen-bond donors (Lipinski definition) is 2. The molecule has 0 fully saturated rings. The summed E-state index contributed by atoms with van der Waals surface area (Å²) in [6.45, 7) is 6.84. The standard InChI is InChI=1S/C25H30N2O5/c1-5-27(25(3,4)23(29)30)22(28)14-16(2)26-24(31)32-15-21-19-12-8-6-10-17(19)18-11-7-9-13-20(18)21/h6-13,16,21H,5,14-15H2,1-4H3,(H,26,31)(H,29,30)/t16-/m1/s1. The van der Waals surface area contributed by atoms with E-state index in [0.29, 0.717) is 0 Å². The molecule has 2 aromatic rings. The predicted molar refractivity (Wildman–Crippen MR) is 121 cm³/mol. The normalized spacial score (nSPS) is 13.6. The van der Waals surface area contributed by atoms with Gasteiger partial charge in [-0.2, -0.15) is 0 Å². The summed E-state index contributed by atoms with van der Waals surface area (Å²) in [7, 11) is 0. The molecule has 2 aromatic carbocycles. The number of fused-ring (bicyclic) bond motifs is 3. The van der Waals surface area contributed by atoms with Crippen molar-refractivity contribution >= 4 is 18.0 Å². The molecule has 1 aliphatic rings. The van der Waals surface area contributed by atoms with Crippen molar-refractivity contribution in [3.63, 3.8) is 0 Å². The third kappa shape index (κ3) is 4.61. The first-order chi connectivity index (χ1) is 15.2. The Morgan fingerprint density at radius 1 is 1.06 bits per heavy atom. The summed E-state index contributed by atoms with van der Waals surface area (Å²) in [5, 5.41) is 12.1. The van der Waals surface area contributed by atoms with Crippen molar-refractivity contribution in [3.8, 4) is 11.1 Å². The van der Waals surface area contributed by atoms with Crippen LogP contribution in [-0.4, -0.2) is 52.7 Å². The first-order valence-corrected chi connectivity index (χ1v) is 10.8. The fraction of sp³-hybridized carbons (Fsp3) is 0.400. The second-order valence-electron chi connectivity index (χ2n) is 8.58. The maximum atomic E-state index is 12.6. The molecule has 0 heterocycles. The van der Waals surface area contributed by atoms with Gasteiger partial charge in [0, 0.05) is 24.9 Å². The molecule has 0 saturated carbocycles. The largest absolute Gasteiger partial charge is 0.480 e. The minimum Gasteiger partial charge on any atom is -0.480 e. The lowest BCUT2D eigenvalue weighted by Crippen LogP contribution is -2.54. The molecular weight excluding hydrogens is 408 g/mol. The Morgan fingerprint density at radius 3 is 2.09 bits per heavy atom. The summed E-state index contributed by atoms with van der Waals surface area (Å²) in [5.41, 5.74) is 3.22. The average Bonchev–Trinajstić information content (AvgIpc) is 3.06. The number of nitrogens with one attached hydrogen (secondary N) is 1. The van der Waals surface area contributed by atoms with Crippen LogP contribution in [0.1, 0.15) is 51.2 Å². The fourth-order valence-corrected chi connectivity index (χ4v) is 4.26. The van der Waals surface area contributed by atoms with Gasteiger partial charge in [0.15, 0.2) is 0 Å². The molecule has 0 saturated heterocycles. The third-order valence-electron chi connectivity index (χ3n) is 6.00. The maximum Gasteiger partial charge on any atom is 0.407 e. The zero-order valence-electron chi connectivity index (χ0n) is 18.9. The van der Waals surface area contributed by atoms with Crippen molar-refractivity contribution in [2.75, 3.05) is 13.2 Å². The molecule has 1 atom stereocenters. The van der Waals surface area contributed by atoms with Gasteiger partial charge in [-0.1, -0.05) is 48.5 Å². The van der Waals surface area contributed by atoms with Gasteiger partial charge in [-0.25, -0.2) is 9.59 Å². The lowest BCUT2D eigenvalue weighted by atomic mass is 9.98. The Morgan fingerprint density at radius 2 is 1.59 bits per heavy atom. The number of likely N-dealkylation sites (N-methyl/N-ethyl adjacent to an activating group) is 1. The van der Waals surface area contributed by atoms with Gasteiger partial charge in [-0.3, -0.25) is 4.79 Å². The van der Waals surface area contributed by atoms with Gasteiger partial charge in [-0.05, 0) is 49.9 Å². The number of alkyl carbamates (subject to hydrolysis) is 1. The highest BCUT2D eigenvalue weighted by molar-refractivity contribution is 5.87. The van der Waals surface area contributed by atoms with E-state index in [9.17, 15) is 19.5 Å². The molecule has 0 bridgehead atoms. The van der Waals surface area contributed by atoms with E-state index in [2.05, 4.69) is 17.4 Å². The lowest BCUT2D eigenvalue weighted by Gasteiger charge is -2.35. The number of carbonyl (C=O) groups excluding carboxylic acids is 2. The number of nitrogens with zero attached hydrogens (tertiary/aromatic N) is 1. The molecule has 2 amide bonds.